The maximum Gasteiger partial charge on any atom is 0.274 e. The number of rotatable bonds is 7. The smallest absolute Gasteiger partial charge is 0.274 e. The molecule has 5 saturated heterocycles. The number of nitrogens with zero attached hydrogens (tertiary/aromatic N) is 9. The minimum Gasteiger partial charge on any atom is -0.369 e. The number of piperazine rings is 1. The van der Waals surface area contributed by atoms with E-state index >= 15 is 0 Å². The van der Waals surface area contributed by atoms with Crippen molar-refractivity contribution in [3.05, 3.63) is 75.9 Å². The Bertz CT molecular complexity index is 2260. The highest BCUT2D eigenvalue weighted by molar-refractivity contribution is 6.32. The number of nitriles is 1. The molecule has 9 rings (SSSR count). The molecule has 0 aliphatic carbocycles. The van der Waals surface area contributed by atoms with Gasteiger partial charge in [-0.1, -0.05) is 11.6 Å². The second-order valence-electron chi connectivity index (χ2n) is 17.4. The van der Waals surface area contributed by atoms with Crippen molar-refractivity contribution in [1.29, 1.82) is 5.26 Å². The van der Waals surface area contributed by atoms with E-state index in [0.29, 0.717) is 46.9 Å². The molecule has 312 valence electrons. The second kappa shape index (κ2) is 16.1. The van der Waals surface area contributed by atoms with Crippen LogP contribution in [-0.2, 0) is 9.59 Å². The highest BCUT2D eigenvalue weighted by Crippen LogP contribution is 2.46. The summed E-state index contributed by atoms with van der Waals surface area (Å²) in [4.78, 5) is 76.3. The largest absolute Gasteiger partial charge is 0.369 e. The summed E-state index contributed by atoms with van der Waals surface area (Å²) in [5, 5.41) is 20.9. The molecule has 2 atom stereocenters. The summed E-state index contributed by atoms with van der Waals surface area (Å²) in [7, 11) is 0. The molecular formula is C44H49ClN10O5. The van der Waals surface area contributed by atoms with Crippen LogP contribution in [0.25, 0.3) is 0 Å². The van der Waals surface area contributed by atoms with Crippen molar-refractivity contribution in [1.82, 2.24) is 30.2 Å². The quantitative estimate of drug-likeness (QED) is 0.341. The van der Waals surface area contributed by atoms with Crippen LogP contribution >= 0.6 is 11.6 Å². The van der Waals surface area contributed by atoms with Crippen LogP contribution in [0.1, 0.15) is 88.6 Å². The Hall–Kier alpha value is -5.59. The zero-order chi connectivity index (χ0) is 41.7. The van der Waals surface area contributed by atoms with Crippen molar-refractivity contribution in [2.24, 2.45) is 11.3 Å². The molecule has 16 heteroatoms. The van der Waals surface area contributed by atoms with Crippen molar-refractivity contribution in [2.75, 3.05) is 80.1 Å². The predicted molar refractivity (Wildman–Crippen MR) is 224 cm³/mol. The molecule has 1 unspecified atom stereocenters. The number of aromatic nitrogens is 2. The number of carbonyl (C=O) groups excluding carboxylic acids is 5. The van der Waals surface area contributed by atoms with Gasteiger partial charge in [-0.25, -0.2) is 0 Å². The highest BCUT2D eigenvalue weighted by atomic mass is 35.5. The molecule has 2 aromatic carbocycles. The Morgan fingerprint density at radius 1 is 0.850 bits per heavy atom. The third-order valence-electron chi connectivity index (χ3n) is 13.8. The fourth-order valence-corrected chi connectivity index (χ4v) is 10.5. The SMILES string of the molecule is C[C@H]1CC2(CCN(c3ccc(C(=O)N4CCC(CN5CCN(c6ccc7c(c6)C(=O)N(C6CCC(=O)NC6=O)C7=O)CC5)CC4)nn3)CC2)CN1c1ccc(C#N)c(Cl)c1. The Labute approximate surface area is 354 Å². The standard InChI is InChI=1S/C44H49ClN10O5/c1-28-24-44(27-54(28)32-3-2-30(25-46)35(45)23-32)12-16-52(17-13-44)38-8-6-36(48-49-38)43(60)53-14-10-29(11-15-53)26-50-18-20-51(21-19-50)31-4-5-33-34(22-31)42(59)55(41(33)58)37-7-9-39(56)47-40(37)57/h2-6,8,22-23,28-29,37H,7,9-21,24,26-27H2,1H3,(H,47,56,57)/t28-,37?/m0/s1. The van der Waals surface area contributed by atoms with Crippen molar-refractivity contribution >= 4 is 58.3 Å². The first-order valence-corrected chi connectivity index (χ1v) is 21.5. The zero-order valence-electron chi connectivity index (χ0n) is 33.8. The maximum atomic E-state index is 13.5. The lowest BCUT2D eigenvalue weighted by atomic mass is 9.77. The first kappa shape index (κ1) is 39.8. The van der Waals surface area contributed by atoms with Crippen LogP contribution < -0.4 is 20.0 Å². The molecule has 7 heterocycles. The molecule has 0 saturated carbocycles. The Balaban J connectivity index is 0.717. The average molecular weight is 833 g/mol. The fourth-order valence-electron chi connectivity index (χ4n) is 10.3. The van der Waals surface area contributed by atoms with E-state index in [9.17, 15) is 29.2 Å². The van der Waals surface area contributed by atoms with Gasteiger partial charge in [0.05, 0.1) is 21.7 Å². The van der Waals surface area contributed by atoms with Crippen molar-refractivity contribution in [2.45, 2.75) is 64.0 Å². The molecule has 0 bridgehead atoms. The summed E-state index contributed by atoms with van der Waals surface area (Å²) in [5.74, 6) is -0.789. The monoisotopic (exact) mass is 832 g/mol. The minimum absolute atomic E-state index is 0.0728. The van der Waals surface area contributed by atoms with Crippen LogP contribution in [0.5, 0.6) is 0 Å². The van der Waals surface area contributed by atoms with Gasteiger partial charge < -0.3 is 19.6 Å². The molecular weight excluding hydrogens is 784 g/mol. The van der Waals surface area contributed by atoms with Gasteiger partial charge in [-0.15, -0.1) is 10.2 Å². The van der Waals surface area contributed by atoms with Gasteiger partial charge >= 0.3 is 0 Å². The van der Waals surface area contributed by atoms with Gasteiger partial charge in [-0.2, -0.15) is 5.26 Å². The minimum atomic E-state index is -0.981. The molecule has 6 aliphatic rings. The number of hydrogen-bond donors (Lipinski definition) is 1. The molecule has 15 nitrogen and oxygen atoms in total. The number of imide groups is 2. The van der Waals surface area contributed by atoms with E-state index in [0.717, 1.165) is 107 Å². The van der Waals surface area contributed by atoms with Gasteiger partial charge in [0.2, 0.25) is 11.8 Å². The van der Waals surface area contributed by atoms with E-state index in [-0.39, 0.29) is 29.7 Å². The summed E-state index contributed by atoms with van der Waals surface area (Å²) in [5.41, 5.74) is 3.60. The molecule has 0 radical (unpaired) electrons. The highest BCUT2D eigenvalue weighted by Gasteiger charge is 2.46. The van der Waals surface area contributed by atoms with Gasteiger partial charge in [0.25, 0.3) is 17.7 Å². The van der Waals surface area contributed by atoms with Crippen molar-refractivity contribution in [3.8, 4) is 6.07 Å². The van der Waals surface area contributed by atoms with Gasteiger partial charge in [0.15, 0.2) is 11.5 Å². The maximum absolute atomic E-state index is 13.5. The molecule has 6 aliphatic heterocycles. The topological polar surface area (TPSA) is 166 Å². The molecule has 60 heavy (non-hydrogen) atoms. The van der Waals surface area contributed by atoms with Crippen LogP contribution in [0.2, 0.25) is 5.02 Å². The van der Waals surface area contributed by atoms with Crippen molar-refractivity contribution in [3.63, 3.8) is 0 Å². The molecule has 5 amide bonds. The molecule has 1 spiro atoms. The number of likely N-dealkylation sites (tertiary alicyclic amines) is 1. The summed E-state index contributed by atoms with van der Waals surface area (Å²) >= 11 is 6.37. The van der Waals surface area contributed by atoms with Gasteiger partial charge in [0.1, 0.15) is 12.1 Å². The van der Waals surface area contributed by atoms with Crippen LogP contribution in [0.15, 0.2) is 48.5 Å². The lowest BCUT2D eigenvalue weighted by Crippen LogP contribution is -2.54. The number of amides is 5. The molecule has 1 aromatic heterocycles. The molecule has 3 aromatic rings. The van der Waals surface area contributed by atoms with E-state index < -0.39 is 29.7 Å². The lowest BCUT2D eigenvalue weighted by molar-refractivity contribution is -0.136. The van der Waals surface area contributed by atoms with E-state index in [1.807, 2.05) is 35.2 Å². The number of halogens is 1. The number of hydrogen-bond acceptors (Lipinski definition) is 12. The second-order valence-corrected chi connectivity index (χ2v) is 17.8. The number of carbonyl (C=O) groups is 5. The summed E-state index contributed by atoms with van der Waals surface area (Å²) in [6, 6.07) is 16.3. The van der Waals surface area contributed by atoms with Gasteiger partial charge in [0, 0.05) is 89.3 Å². The Morgan fingerprint density at radius 2 is 1.58 bits per heavy atom. The van der Waals surface area contributed by atoms with Crippen LogP contribution in [0.4, 0.5) is 17.2 Å². The number of anilines is 3. The Kier molecular flexibility index (Phi) is 10.7. The van der Waals surface area contributed by atoms with Crippen LogP contribution in [0.3, 0.4) is 0 Å². The number of piperidine rings is 3. The normalized spacial score (nSPS) is 23.6. The lowest BCUT2D eigenvalue weighted by Gasteiger charge is -2.40. The molecule has 5 fully saturated rings. The number of fused-ring (bicyclic) bond motifs is 1. The molecule has 1 N–H and O–H groups in total. The fraction of sp³-hybridized carbons (Fsp3) is 0.500. The Morgan fingerprint density at radius 3 is 2.27 bits per heavy atom. The van der Waals surface area contributed by atoms with E-state index in [1.54, 1.807) is 18.2 Å². The average Bonchev–Trinajstić information content (AvgIpc) is 3.71. The zero-order valence-corrected chi connectivity index (χ0v) is 34.6. The number of benzene rings is 2. The first-order chi connectivity index (χ1) is 29.0. The van der Waals surface area contributed by atoms with Crippen LogP contribution in [0, 0.1) is 22.7 Å². The predicted octanol–water partition coefficient (Wildman–Crippen LogP) is 3.96. The third-order valence-corrected chi connectivity index (χ3v) is 14.1. The number of nitrogens with one attached hydrogen (secondary N) is 1. The van der Waals surface area contributed by atoms with Gasteiger partial charge in [-0.3, -0.25) is 39.1 Å². The van der Waals surface area contributed by atoms with Gasteiger partial charge in [-0.05, 0) is 105 Å². The third kappa shape index (κ3) is 7.55. The van der Waals surface area contributed by atoms with E-state index in [4.69, 9.17) is 11.6 Å². The van der Waals surface area contributed by atoms with Crippen molar-refractivity contribution < 1.29 is 24.0 Å². The van der Waals surface area contributed by atoms with Crippen LogP contribution in [-0.4, -0.2) is 132 Å². The van der Waals surface area contributed by atoms with E-state index in [1.165, 1.54) is 0 Å². The summed E-state index contributed by atoms with van der Waals surface area (Å²) in [6.07, 6.45) is 5.25. The summed E-state index contributed by atoms with van der Waals surface area (Å²) < 4.78 is 0. The first-order valence-electron chi connectivity index (χ1n) is 21.2. The summed E-state index contributed by atoms with van der Waals surface area (Å²) in [6.45, 7) is 10.6. The van der Waals surface area contributed by atoms with E-state index in [2.05, 4.69) is 48.1 Å².